The molecule has 0 radical (unpaired) electrons. The van der Waals surface area contributed by atoms with Gasteiger partial charge in [-0.15, -0.1) is 0 Å². The Morgan fingerprint density at radius 3 is 2.46 bits per heavy atom. The van der Waals surface area contributed by atoms with Crippen LogP contribution in [0.4, 0.5) is 16.0 Å². The van der Waals surface area contributed by atoms with Crippen LogP contribution in [-0.4, -0.2) is 15.0 Å². The highest BCUT2D eigenvalue weighted by atomic mass is 19.1. The molecule has 2 aromatic carbocycles. The van der Waals surface area contributed by atoms with Crippen LogP contribution in [0.2, 0.25) is 0 Å². The average Bonchev–Trinajstić information content (AvgIpc) is 2.64. The van der Waals surface area contributed by atoms with Gasteiger partial charge in [0.25, 0.3) is 5.56 Å². The van der Waals surface area contributed by atoms with Crippen molar-refractivity contribution in [2.45, 2.75) is 6.92 Å². The Balaban J connectivity index is 1.80. The summed E-state index contributed by atoms with van der Waals surface area (Å²) in [7, 11) is 0. The largest absolute Gasteiger partial charge is 0.326 e. The van der Waals surface area contributed by atoms with Gasteiger partial charge >= 0.3 is 0 Å². The molecule has 2 aromatic heterocycles. The molecule has 0 spiro atoms. The van der Waals surface area contributed by atoms with Gasteiger partial charge in [-0.25, -0.2) is 9.37 Å². The third kappa shape index (κ3) is 3.04. The highest BCUT2D eigenvalue weighted by Crippen LogP contribution is 2.25. The van der Waals surface area contributed by atoms with Crippen molar-refractivity contribution in [1.82, 2.24) is 15.0 Å². The number of anilines is 2. The first-order valence-corrected chi connectivity index (χ1v) is 8.09. The molecule has 0 atom stereocenters. The molecule has 4 rings (SSSR count). The summed E-state index contributed by atoms with van der Waals surface area (Å²) in [6.45, 7) is 2.01. The molecule has 0 amide bonds. The third-order valence-corrected chi connectivity index (χ3v) is 4.08. The van der Waals surface area contributed by atoms with Crippen molar-refractivity contribution in [1.29, 1.82) is 0 Å². The standard InChI is InChI=1S/C20H15FN4O/c1-12-2-4-13(5-3-12)16-10-11-22-18-17(16)19(26)25-20(24-18)23-15-8-6-14(21)7-9-15/h2-11H,1H3,(H2,22,23,24,25,26). The SMILES string of the molecule is Cc1ccc(-c2ccnc3nc(Nc4ccc(F)cc4)[nH]c(=O)c23)cc1. The number of nitrogens with zero attached hydrogens (tertiary/aromatic N) is 2. The molecule has 2 heterocycles. The first-order valence-electron chi connectivity index (χ1n) is 8.09. The van der Waals surface area contributed by atoms with Crippen molar-refractivity contribution >= 4 is 22.7 Å². The van der Waals surface area contributed by atoms with Crippen molar-refractivity contribution in [3.05, 3.63) is 82.5 Å². The Hall–Kier alpha value is -3.54. The van der Waals surface area contributed by atoms with E-state index in [9.17, 15) is 9.18 Å². The van der Waals surface area contributed by atoms with Crippen molar-refractivity contribution in [3.8, 4) is 11.1 Å². The number of benzene rings is 2. The highest BCUT2D eigenvalue weighted by molar-refractivity contribution is 5.92. The highest BCUT2D eigenvalue weighted by Gasteiger charge is 2.11. The molecule has 0 aliphatic carbocycles. The molecule has 4 aromatic rings. The number of rotatable bonds is 3. The summed E-state index contributed by atoms with van der Waals surface area (Å²) in [4.78, 5) is 24.0. The second kappa shape index (κ2) is 6.40. The van der Waals surface area contributed by atoms with Crippen LogP contribution in [0.3, 0.4) is 0 Å². The van der Waals surface area contributed by atoms with Gasteiger partial charge in [0.15, 0.2) is 5.65 Å². The summed E-state index contributed by atoms with van der Waals surface area (Å²) in [5.41, 5.74) is 3.51. The zero-order valence-corrected chi connectivity index (χ0v) is 14.0. The summed E-state index contributed by atoms with van der Waals surface area (Å²) >= 11 is 0. The second-order valence-corrected chi connectivity index (χ2v) is 5.97. The molecule has 0 saturated heterocycles. The molecule has 26 heavy (non-hydrogen) atoms. The maximum Gasteiger partial charge on any atom is 0.262 e. The summed E-state index contributed by atoms with van der Waals surface area (Å²) in [6.07, 6.45) is 1.63. The van der Waals surface area contributed by atoms with Crippen molar-refractivity contribution in [2.75, 3.05) is 5.32 Å². The predicted octanol–water partition coefficient (Wildman–Crippen LogP) is 4.18. The number of hydrogen-bond acceptors (Lipinski definition) is 4. The Kier molecular flexibility index (Phi) is 3.93. The topological polar surface area (TPSA) is 70.7 Å². The van der Waals surface area contributed by atoms with E-state index in [0.29, 0.717) is 16.7 Å². The number of fused-ring (bicyclic) bond motifs is 1. The summed E-state index contributed by atoms with van der Waals surface area (Å²) in [6, 6.07) is 15.5. The number of aryl methyl sites for hydroxylation is 1. The minimum atomic E-state index is -0.333. The van der Waals surface area contributed by atoms with Crippen LogP contribution in [0.25, 0.3) is 22.2 Å². The molecule has 0 aliphatic rings. The Morgan fingerprint density at radius 1 is 1.00 bits per heavy atom. The Morgan fingerprint density at radius 2 is 1.73 bits per heavy atom. The van der Waals surface area contributed by atoms with Gasteiger partial charge in [-0.2, -0.15) is 4.98 Å². The molecular weight excluding hydrogens is 331 g/mol. The number of H-pyrrole nitrogens is 1. The minimum absolute atomic E-state index is 0.252. The van der Waals surface area contributed by atoms with E-state index in [1.807, 2.05) is 31.2 Å². The van der Waals surface area contributed by atoms with E-state index >= 15 is 0 Å². The lowest BCUT2D eigenvalue weighted by Gasteiger charge is -2.09. The van der Waals surface area contributed by atoms with Crippen LogP contribution in [0.15, 0.2) is 65.6 Å². The quantitative estimate of drug-likeness (QED) is 0.584. The van der Waals surface area contributed by atoms with E-state index in [2.05, 4.69) is 20.3 Å². The van der Waals surface area contributed by atoms with Gasteiger partial charge in [0, 0.05) is 11.9 Å². The van der Waals surface area contributed by atoms with E-state index in [1.54, 1.807) is 24.4 Å². The molecule has 0 unspecified atom stereocenters. The molecule has 0 saturated carbocycles. The van der Waals surface area contributed by atoms with Crippen molar-refractivity contribution in [2.24, 2.45) is 0 Å². The van der Waals surface area contributed by atoms with Gasteiger partial charge in [0.1, 0.15) is 5.82 Å². The van der Waals surface area contributed by atoms with Gasteiger partial charge in [0.2, 0.25) is 5.95 Å². The van der Waals surface area contributed by atoms with Crippen molar-refractivity contribution in [3.63, 3.8) is 0 Å². The van der Waals surface area contributed by atoms with Crippen LogP contribution >= 0.6 is 0 Å². The molecule has 0 fully saturated rings. The van der Waals surface area contributed by atoms with E-state index in [0.717, 1.165) is 16.7 Å². The van der Waals surface area contributed by atoms with Gasteiger partial charge < -0.3 is 5.32 Å². The lowest BCUT2D eigenvalue weighted by atomic mass is 10.0. The van der Waals surface area contributed by atoms with E-state index in [-0.39, 0.29) is 17.3 Å². The fourth-order valence-electron chi connectivity index (χ4n) is 2.77. The van der Waals surface area contributed by atoms with Crippen LogP contribution in [-0.2, 0) is 0 Å². The summed E-state index contributed by atoms with van der Waals surface area (Å²) < 4.78 is 13.0. The zero-order valence-electron chi connectivity index (χ0n) is 14.0. The van der Waals surface area contributed by atoms with Crippen molar-refractivity contribution < 1.29 is 4.39 Å². The zero-order chi connectivity index (χ0) is 18.1. The number of aromatic amines is 1. The fraction of sp³-hybridized carbons (Fsp3) is 0.0500. The average molecular weight is 346 g/mol. The second-order valence-electron chi connectivity index (χ2n) is 5.97. The molecular formula is C20H15FN4O. The van der Waals surface area contributed by atoms with E-state index in [4.69, 9.17) is 0 Å². The van der Waals surface area contributed by atoms with Crippen LogP contribution in [0, 0.1) is 12.7 Å². The number of pyridine rings is 1. The number of nitrogens with one attached hydrogen (secondary N) is 2. The number of hydrogen-bond donors (Lipinski definition) is 2. The summed E-state index contributed by atoms with van der Waals surface area (Å²) in [5.74, 6) is -0.0809. The molecule has 0 aliphatic heterocycles. The van der Waals surface area contributed by atoms with Gasteiger partial charge in [0.05, 0.1) is 5.39 Å². The first-order chi connectivity index (χ1) is 12.6. The van der Waals surface area contributed by atoms with Gasteiger partial charge in [-0.05, 0) is 48.4 Å². The van der Waals surface area contributed by atoms with Crippen LogP contribution < -0.4 is 10.9 Å². The van der Waals surface area contributed by atoms with Crippen LogP contribution in [0.5, 0.6) is 0 Å². The van der Waals surface area contributed by atoms with Gasteiger partial charge in [-0.3, -0.25) is 9.78 Å². The van der Waals surface area contributed by atoms with Gasteiger partial charge in [-0.1, -0.05) is 29.8 Å². The smallest absolute Gasteiger partial charge is 0.262 e. The molecule has 128 valence electrons. The molecule has 2 N–H and O–H groups in total. The lowest BCUT2D eigenvalue weighted by Crippen LogP contribution is -2.13. The van der Waals surface area contributed by atoms with E-state index < -0.39 is 0 Å². The molecule has 6 heteroatoms. The first kappa shape index (κ1) is 16.0. The monoisotopic (exact) mass is 346 g/mol. The molecule has 0 bridgehead atoms. The Bertz CT molecular complexity index is 1140. The Labute approximate surface area is 148 Å². The number of aromatic nitrogens is 3. The normalized spacial score (nSPS) is 10.8. The maximum absolute atomic E-state index is 13.0. The van der Waals surface area contributed by atoms with E-state index in [1.165, 1.54) is 12.1 Å². The third-order valence-electron chi connectivity index (χ3n) is 4.08. The minimum Gasteiger partial charge on any atom is -0.326 e. The maximum atomic E-state index is 13.0. The molecule has 5 nitrogen and oxygen atoms in total. The summed E-state index contributed by atoms with van der Waals surface area (Å²) in [5, 5.41) is 3.39. The van der Waals surface area contributed by atoms with Crippen LogP contribution in [0.1, 0.15) is 5.56 Å². The fourth-order valence-corrected chi connectivity index (χ4v) is 2.77. The number of halogens is 1. The predicted molar refractivity (Wildman–Crippen MR) is 100 cm³/mol. The lowest BCUT2D eigenvalue weighted by molar-refractivity contribution is 0.628.